The van der Waals surface area contributed by atoms with Gasteiger partial charge < -0.3 is 9.47 Å². The van der Waals surface area contributed by atoms with E-state index in [2.05, 4.69) is 48.5 Å². The van der Waals surface area contributed by atoms with Gasteiger partial charge in [0.15, 0.2) is 0 Å². The van der Waals surface area contributed by atoms with Crippen molar-refractivity contribution < 1.29 is 27.4 Å². The second-order valence-corrected chi connectivity index (χ2v) is 16.5. The first-order valence-electron chi connectivity index (χ1n) is 15.3. The van der Waals surface area contributed by atoms with Crippen molar-refractivity contribution in [2.75, 3.05) is 6.61 Å². The molecule has 5 saturated carbocycles. The molecule has 2 bridgehead atoms. The Kier molecular flexibility index (Phi) is 5.72. The molecule has 0 radical (unpaired) electrons. The Morgan fingerprint density at radius 3 is 2.16 bits per heavy atom. The Morgan fingerprint density at radius 2 is 1.47 bits per heavy atom. The average Bonchev–Trinajstić information content (AvgIpc) is 3.14. The Balaban J connectivity index is 1.31. The molecule has 1 saturated heterocycles. The summed E-state index contributed by atoms with van der Waals surface area (Å²) >= 11 is 0. The molecule has 1 heterocycles. The molecule has 3 nitrogen and oxygen atoms in total. The predicted octanol–water partition coefficient (Wildman–Crippen LogP) is 8.35. The molecule has 6 fully saturated rings. The molecule has 6 heteroatoms. The summed E-state index contributed by atoms with van der Waals surface area (Å²) in [4.78, 5) is 11.8. The SMILES string of the molecule is CC1(C)CC[C@]23CC[C@]4(C)[C@@H](CC[C@@H]5[C@@]6(C)CC[C@@H](OC(=O)C(F)(F)F)C(C)(C)[C@H]6CC[C@]54C)[C@H]2[C@H]1OC3. The van der Waals surface area contributed by atoms with Gasteiger partial charge >= 0.3 is 12.1 Å². The zero-order valence-electron chi connectivity index (χ0n) is 24.6. The van der Waals surface area contributed by atoms with E-state index in [1.54, 1.807) is 0 Å². The lowest BCUT2D eigenvalue weighted by Crippen LogP contribution is -2.68. The van der Waals surface area contributed by atoms with Gasteiger partial charge in [0.05, 0.1) is 12.7 Å². The Labute approximate surface area is 227 Å². The zero-order chi connectivity index (χ0) is 27.7. The van der Waals surface area contributed by atoms with Crippen molar-refractivity contribution in [1.29, 1.82) is 0 Å². The van der Waals surface area contributed by atoms with Crippen LogP contribution in [-0.4, -0.2) is 31.0 Å². The zero-order valence-corrected chi connectivity index (χ0v) is 24.6. The van der Waals surface area contributed by atoms with Gasteiger partial charge in [-0.1, -0.05) is 48.5 Å². The molecule has 216 valence electrons. The predicted molar refractivity (Wildman–Crippen MR) is 140 cm³/mol. The summed E-state index contributed by atoms with van der Waals surface area (Å²) in [5.41, 5.74) is 0.625. The molecule has 0 aromatic carbocycles. The standard InChI is InChI=1S/C32H49F3O3/c1-26(2)14-16-31-17-15-29(6)19(23(31)24(26)37-18-31)8-9-21-28(5)12-11-22(38-25(36)32(33,34)35)27(3,4)20(28)10-13-30(21,29)7/h19-24H,8-18H2,1-7H3/t19-,20+,21+,22+,23-,24+,28-,29+,30+,31+/m0/s1. The highest BCUT2D eigenvalue weighted by Crippen LogP contribution is 2.78. The van der Waals surface area contributed by atoms with E-state index in [-0.39, 0.29) is 27.6 Å². The van der Waals surface area contributed by atoms with E-state index in [1.165, 1.54) is 38.5 Å². The lowest BCUT2D eigenvalue weighted by atomic mass is 9.31. The number of rotatable bonds is 1. The lowest BCUT2D eigenvalue weighted by Gasteiger charge is -2.73. The van der Waals surface area contributed by atoms with Crippen molar-refractivity contribution in [2.24, 2.45) is 56.2 Å². The van der Waals surface area contributed by atoms with Crippen LogP contribution in [0.4, 0.5) is 13.2 Å². The van der Waals surface area contributed by atoms with Crippen molar-refractivity contribution in [1.82, 2.24) is 0 Å². The molecule has 38 heavy (non-hydrogen) atoms. The topological polar surface area (TPSA) is 35.5 Å². The van der Waals surface area contributed by atoms with Gasteiger partial charge in [0.2, 0.25) is 0 Å². The second-order valence-electron chi connectivity index (χ2n) is 16.5. The average molecular weight is 539 g/mol. The number of halogens is 3. The number of alkyl halides is 3. The number of hydrogen-bond acceptors (Lipinski definition) is 3. The molecule has 0 aromatic rings. The lowest BCUT2D eigenvalue weighted by molar-refractivity contribution is -0.259. The van der Waals surface area contributed by atoms with Crippen molar-refractivity contribution >= 4 is 5.97 Å². The van der Waals surface area contributed by atoms with E-state index < -0.39 is 23.7 Å². The third-order valence-corrected chi connectivity index (χ3v) is 14.6. The number of carbonyl (C=O) groups excluding carboxylic acids is 1. The summed E-state index contributed by atoms with van der Waals surface area (Å²) in [7, 11) is 0. The quantitative estimate of drug-likeness (QED) is 0.315. The van der Waals surface area contributed by atoms with Gasteiger partial charge in [0, 0.05) is 5.41 Å². The second kappa shape index (κ2) is 7.94. The molecule has 6 rings (SSSR count). The molecule has 0 N–H and O–H groups in total. The molecular formula is C32H49F3O3. The van der Waals surface area contributed by atoms with Gasteiger partial charge in [-0.25, -0.2) is 4.79 Å². The number of hydrogen-bond donors (Lipinski definition) is 0. The van der Waals surface area contributed by atoms with Gasteiger partial charge in [-0.3, -0.25) is 0 Å². The molecule has 10 atom stereocenters. The van der Waals surface area contributed by atoms with Crippen molar-refractivity contribution in [3.8, 4) is 0 Å². The first-order chi connectivity index (χ1) is 17.4. The molecule has 0 spiro atoms. The summed E-state index contributed by atoms with van der Waals surface area (Å²) in [6, 6.07) is 0. The minimum absolute atomic E-state index is 0.0437. The van der Waals surface area contributed by atoms with Crippen molar-refractivity contribution in [2.45, 2.75) is 131 Å². The van der Waals surface area contributed by atoms with E-state index in [1.807, 2.05) is 0 Å². The van der Waals surface area contributed by atoms with Gasteiger partial charge in [0.25, 0.3) is 0 Å². The molecule has 5 aliphatic carbocycles. The van der Waals surface area contributed by atoms with Gasteiger partial charge in [-0.15, -0.1) is 0 Å². The van der Waals surface area contributed by atoms with Crippen LogP contribution >= 0.6 is 0 Å². The number of esters is 1. The van der Waals surface area contributed by atoms with Crippen LogP contribution in [0.25, 0.3) is 0 Å². The van der Waals surface area contributed by atoms with Crippen LogP contribution in [0.5, 0.6) is 0 Å². The van der Waals surface area contributed by atoms with E-state index in [4.69, 9.17) is 9.47 Å². The van der Waals surface area contributed by atoms with Crippen LogP contribution in [0.2, 0.25) is 0 Å². The molecule has 1 aliphatic heterocycles. The van der Waals surface area contributed by atoms with Gasteiger partial charge in [-0.2, -0.15) is 13.2 Å². The number of carbonyl (C=O) groups is 1. The molecule has 6 aliphatic rings. The first kappa shape index (κ1) is 27.4. The minimum Gasteiger partial charge on any atom is -0.455 e. The van der Waals surface area contributed by atoms with Crippen molar-refractivity contribution in [3.63, 3.8) is 0 Å². The third-order valence-electron chi connectivity index (χ3n) is 14.6. The first-order valence-corrected chi connectivity index (χ1v) is 15.3. The van der Waals surface area contributed by atoms with Crippen LogP contribution in [-0.2, 0) is 14.3 Å². The molecular weight excluding hydrogens is 489 g/mol. The monoisotopic (exact) mass is 538 g/mol. The van der Waals surface area contributed by atoms with E-state index in [0.29, 0.717) is 35.7 Å². The number of fused-ring (bicyclic) bond motifs is 5. The highest BCUT2D eigenvalue weighted by atomic mass is 19.4. The van der Waals surface area contributed by atoms with Crippen LogP contribution in [0.3, 0.4) is 0 Å². The van der Waals surface area contributed by atoms with Crippen LogP contribution < -0.4 is 0 Å². The van der Waals surface area contributed by atoms with Crippen LogP contribution in [0.15, 0.2) is 0 Å². The van der Waals surface area contributed by atoms with E-state index in [0.717, 1.165) is 25.9 Å². The van der Waals surface area contributed by atoms with Gasteiger partial charge in [0.1, 0.15) is 6.10 Å². The van der Waals surface area contributed by atoms with E-state index in [9.17, 15) is 18.0 Å². The number of ether oxygens (including phenoxy) is 2. The maximum absolute atomic E-state index is 13.1. The summed E-state index contributed by atoms with van der Waals surface area (Å²) in [6.07, 6.45) is 5.78. The van der Waals surface area contributed by atoms with Crippen molar-refractivity contribution in [3.05, 3.63) is 0 Å². The summed E-state index contributed by atoms with van der Waals surface area (Å²) in [5, 5.41) is 0. The summed E-state index contributed by atoms with van der Waals surface area (Å²) in [5.74, 6) is 0.0918. The minimum atomic E-state index is -4.94. The van der Waals surface area contributed by atoms with Crippen LogP contribution in [0.1, 0.15) is 113 Å². The maximum Gasteiger partial charge on any atom is 0.490 e. The molecule has 0 aromatic heterocycles. The molecule has 0 amide bonds. The van der Waals surface area contributed by atoms with E-state index >= 15 is 0 Å². The normalized spacial score (nSPS) is 52.7. The fraction of sp³-hybridized carbons (Fsp3) is 0.969. The smallest absolute Gasteiger partial charge is 0.455 e. The highest BCUT2D eigenvalue weighted by molar-refractivity contribution is 5.75. The fourth-order valence-electron chi connectivity index (χ4n) is 12.4. The maximum atomic E-state index is 13.1. The summed E-state index contributed by atoms with van der Waals surface area (Å²) < 4.78 is 51.1. The summed E-state index contributed by atoms with van der Waals surface area (Å²) in [6.45, 7) is 17.5. The fourth-order valence-corrected chi connectivity index (χ4v) is 12.4. The Morgan fingerprint density at radius 1 is 0.789 bits per heavy atom. The highest BCUT2D eigenvalue weighted by Gasteiger charge is 2.73. The third kappa shape index (κ3) is 3.33. The largest absolute Gasteiger partial charge is 0.490 e. The van der Waals surface area contributed by atoms with Crippen LogP contribution in [0, 0.1) is 56.2 Å². The molecule has 0 unspecified atom stereocenters. The Bertz CT molecular complexity index is 1000. The van der Waals surface area contributed by atoms with Gasteiger partial charge in [-0.05, 0) is 115 Å². The Hall–Kier alpha value is -0.780.